The minimum Gasteiger partial charge on any atom is -1.00 e. The number of hydrogen-bond acceptors (Lipinski definition) is 0. The second-order valence-electron chi connectivity index (χ2n) is 5.17. The van der Waals surface area contributed by atoms with Crippen LogP contribution in [0.1, 0.15) is 42.5 Å². The first-order valence-corrected chi connectivity index (χ1v) is 7.39. The lowest BCUT2D eigenvalue weighted by atomic mass is 9.97. The summed E-state index contributed by atoms with van der Waals surface area (Å²) in [5.41, 5.74) is 8.26. The Bertz CT molecular complexity index is 531. The summed E-state index contributed by atoms with van der Waals surface area (Å²) in [5, 5.41) is 0. The van der Waals surface area contributed by atoms with Crippen LogP contribution in [0.15, 0.2) is 66.7 Å². The van der Waals surface area contributed by atoms with E-state index in [9.17, 15) is 0 Å². The highest BCUT2D eigenvalue weighted by atomic mass is 35.5. The third-order valence-electron chi connectivity index (χ3n) is 3.66. The molecule has 0 radical (unpaired) electrons. The Balaban J connectivity index is 0.00000220. The molecule has 0 heterocycles. The van der Waals surface area contributed by atoms with E-state index in [2.05, 4.69) is 73.3 Å². The molecule has 1 atom stereocenters. The molecule has 1 nitrogen and oxygen atoms in total. The molecule has 0 bridgehead atoms. The highest BCUT2D eigenvalue weighted by Crippen LogP contribution is 2.18. The normalized spacial score (nSPS) is 12.1. The molecule has 112 valence electrons. The number of rotatable bonds is 6. The first kappa shape index (κ1) is 17.5. The van der Waals surface area contributed by atoms with Crippen LogP contribution in [-0.2, 0) is 6.42 Å². The smallest absolute Gasteiger partial charge is 0.136 e. The molecule has 2 heteroatoms. The van der Waals surface area contributed by atoms with Gasteiger partial charge in [0.05, 0.1) is 0 Å². The maximum absolute atomic E-state index is 4.29. The van der Waals surface area contributed by atoms with Crippen LogP contribution in [0.25, 0.3) is 0 Å². The van der Waals surface area contributed by atoms with Crippen LogP contribution < -0.4 is 18.1 Å². The highest BCUT2D eigenvalue weighted by Gasteiger charge is 2.11. The largest absolute Gasteiger partial charge is 1.00 e. The molecule has 2 rings (SSSR count). The van der Waals surface area contributed by atoms with Crippen LogP contribution >= 0.6 is 0 Å². The van der Waals surface area contributed by atoms with Crippen molar-refractivity contribution in [1.82, 2.24) is 0 Å². The summed E-state index contributed by atoms with van der Waals surface area (Å²) in [6.45, 7) is 2.08. The molecule has 0 aliphatic heterocycles. The zero-order valence-electron chi connectivity index (χ0n) is 12.6. The van der Waals surface area contributed by atoms with Gasteiger partial charge in [-0.2, -0.15) is 0 Å². The van der Waals surface area contributed by atoms with Crippen molar-refractivity contribution in [2.45, 2.75) is 32.2 Å². The summed E-state index contributed by atoms with van der Waals surface area (Å²) < 4.78 is 0. The lowest BCUT2D eigenvalue weighted by molar-refractivity contribution is -0.411. The quantitative estimate of drug-likeness (QED) is 0.607. The fraction of sp³-hybridized carbons (Fsp3) is 0.263. The van der Waals surface area contributed by atoms with Gasteiger partial charge in [0.2, 0.25) is 0 Å². The third-order valence-corrected chi connectivity index (χ3v) is 3.66. The van der Waals surface area contributed by atoms with Gasteiger partial charge in [0, 0.05) is 11.1 Å². The van der Waals surface area contributed by atoms with Crippen LogP contribution in [0.4, 0.5) is 0 Å². The number of unbranched alkanes of at least 4 members (excludes halogenated alkanes) is 1. The predicted molar refractivity (Wildman–Crippen MR) is 85.4 cm³/mol. The summed E-state index contributed by atoms with van der Waals surface area (Å²) in [4.78, 5) is 0. The van der Waals surface area contributed by atoms with Gasteiger partial charge in [0.1, 0.15) is 6.04 Å². The average molecular weight is 302 g/mol. The zero-order valence-corrected chi connectivity index (χ0v) is 13.4. The molecule has 0 aliphatic carbocycles. The van der Waals surface area contributed by atoms with Crippen molar-refractivity contribution in [2.24, 2.45) is 0 Å². The van der Waals surface area contributed by atoms with Crippen LogP contribution in [0, 0.1) is 0 Å². The maximum atomic E-state index is 4.29. The Morgan fingerprint density at radius 2 is 1.57 bits per heavy atom. The molecular formula is C19H24ClN. The van der Waals surface area contributed by atoms with Gasteiger partial charge in [-0.25, -0.2) is 0 Å². The van der Waals surface area contributed by atoms with Gasteiger partial charge in [0.25, 0.3) is 0 Å². The molecule has 0 saturated heterocycles. The number of quaternary nitrogens is 1. The molecule has 0 amide bonds. The van der Waals surface area contributed by atoms with E-state index in [4.69, 9.17) is 0 Å². The Kier molecular flexibility index (Phi) is 7.81. The zero-order chi connectivity index (χ0) is 14.2. The van der Waals surface area contributed by atoms with E-state index >= 15 is 0 Å². The standard InChI is InChI=1S/C19H23N.ClH/c1-2-3-4-6-9-16-12-14-18(15-13-16)19(20)17-10-7-5-8-11-17;/h2-3,5,7-8,10-15,19H,4,6,9,20H2,1H3;1H/b3-2+;. The SMILES string of the molecule is C/C=C/CCCc1ccc(C([NH3+])c2ccccc2)cc1.[Cl-]. The first-order chi connectivity index (χ1) is 9.81. The van der Waals surface area contributed by atoms with E-state index < -0.39 is 0 Å². The van der Waals surface area contributed by atoms with Crippen molar-refractivity contribution in [3.8, 4) is 0 Å². The first-order valence-electron chi connectivity index (χ1n) is 7.39. The van der Waals surface area contributed by atoms with Gasteiger partial charge in [-0.3, -0.25) is 0 Å². The summed E-state index contributed by atoms with van der Waals surface area (Å²) in [7, 11) is 0. The molecule has 3 N–H and O–H groups in total. The predicted octanol–water partition coefficient (Wildman–Crippen LogP) is 0.921. The average Bonchev–Trinajstić information content (AvgIpc) is 2.52. The topological polar surface area (TPSA) is 27.6 Å². The second kappa shape index (κ2) is 9.38. The molecule has 0 aliphatic rings. The van der Waals surface area contributed by atoms with Crippen molar-refractivity contribution >= 4 is 0 Å². The number of allylic oxidation sites excluding steroid dienone is 2. The minimum atomic E-state index is 0. The Morgan fingerprint density at radius 3 is 2.19 bits per heavy atom. The van der Waals surface area contributed by atoms with E-state index in [-0.39, 0.29) is 18.4 Å². The molecule has 1 unspecified atom stereocenters. The van der Waals surface area contributed by atoms with Crippen LogP contribution in [0.3, 0.4) is 0 Å². The van der Waals surface area contributed by atoms with Crippen molar-refractivity contribution in [3.63, 3.8) is 0 Å². The number of halogens is 1. The van der Waals surface area contributed by atoms with Crippen LogP contribution in [-0.4, -0.2) is 0 Å². The van der Waals surface area contributed by atoms with Gasteiger partial charge >= 0.3 is 0 Å². The van der Waals surface area contributed by atoms with Crippen LogP contribution in [0.2, 0.25) is 0 Å². The molecule has 2 aromatic carbocycles. The summed E-state index contributed by atoms with van der Waals surface area (Å²) in [5.74, 6) is 0. The van der Waals surface area contributed by atoms with E-state index in [1.807, 2.05) is 6.07 Å². The third kappa shape index (κ3) is 5.37. The van der Waals surface area contributed by atoms with Crippen molar-refractivity contribution in [1.29, 1.82) is 0 Å². The molecule has 0 fully saturated rings. The van der Waals surface area contributed by atoms with Gasteiger partial charge in [-0.15, -0.1) is 0 Å². The van der Waals surface area contributed by atoms with Gasteiger partial charge in [-0.05, 0) is 31.7 Å². The highest BCUT2D eigenvalue weighted by molar-refractivity contribution is 5.31. The molecular weight excluding hydrogens is 278 g/mol. The Morgan fingerprint density at radius 1 is 0.952 bits per heavy atom. The molecule has 21 heavy (non-hydrogen) atoms. The van der Waals surface area contributed by atoms with Crippen LogP contribution in [0.5, 0.6) is 0 Å². The lowest BCUT2D eigenvalue weighted by Crippen LogP contribution is -3.00. The van der Waals surface area contributed by atoms with Gasteiger partial charge in [-0.1, -0.05) is 66.7 Å². The fourth-order valence-corrected chi connectivity index (χ4v) is 2.39. The van der Waals surface area contributed by atoms with Crippen molar-refractivity contribution < 1.29 is 18.1 Å². The van der Waals surface area contributed by atoms with Gasteiger partial charge < -0.3 is 18.1 Å². The summed E-state index contributed by atoms with van der Waals surface area (Å²) in [6.07, 6.45) is 7.89. The van der Waals surface area contributed by atoms with Gasteiger partial charge in [0.15, 0.2) is 0 Å². The number of benzene rings is 2. The minimum absolute atomic E-state index is 0. The summed E-state index contributed by atoms with van der Waals surface area (Å²) >= 11 is 0. The molecule has 0 spiro atoms. The van der Waals surface area contributed by atoms with E-state index in [1.165, 1.54) is 29.5 Å². The maximum Gasteiger partial charge on any atom is 0.136 e. The Labute approximate surface area is 134 Å². The monoisotopic (exact) mass is 301 g/mol. The molecule has 0 aromatic heterocycles. The fourth-order valence-electron chi connectivity index (χ4n) is 2.39. The van der Waals surface area contributed by atoms with E-state index in [0.29, 0.717) is 0 Å². The number of hydrogen-bond donors (Lipinski definition) is 1. The number of aryl methyl sites for hydroxylation is 1. The second-order valence-corrected chi connectivity index (χ2v) is 5.17. The summed E-state index contributed by atoms with van der Waals surface area (Å²) in [6, 6.07) is 19.6. The lowest BCUT2D eigenvalue weighted by Gasteiger charge is -2.10. The molecule has 2 aromatic rings. The van der Waals surface area contributed by atoms with E-state index in [1.54, 1.807) is 0 Å². The van der Waals surface area contributed by atoms with Crippen molar-refractivity contribution in [2.75, 3.05) is 0 Å². The molecule has 0 saturated carbocycles. The van der Waals surface area contributed by atoms with Crippen molar-refractivity contribution in [3.05, 3.63) is 83.4 Å². The Hall–Kier alpha value is -1.57. The van der Waals surface area contributed by atoms with E-state index in [0.717, 1.165) is 6.42 Å².